The molecule has 1 saturated carbocycles. The molecule has 20 heavy (non-hydrogen) atoms. The Morgan fingerprint density at radius 2 is 2.30 bits per heavy atom. The number of carbonyl (C=O) groups is 1. The molecule has 2 aliphatic rings. The van der Waals surface area contributed by atoms with Gasteiger partial charge < -0.3 is 15.8 Å². The lowest BCUT2D eigenvalue weighted by Crippen LogP contribution is -2.56. The molecule has 0 spiro atoms. The Labute approximate surface area is 122 Å². The highest BCUT2D eigenvalue weighted by Crippen LogP contribution is 2.30. The molecule has 3 N–H and O–H groups in total. The lowest BCUT2D eigenvalue weighted by Gasteiger charge is -2.39. The zero-order chi connectivity index (χ0) is 14.6. The van der Waals surface area contributed by atoms with E-state index >= 15 is 0 Å². The van der Waals surface area contributed by atoms with Crippen LogP contribution in [0.2, 0.25) is 0 Å². The lowest BCUT2D eigenvalue weighted by molar-refractivity contribution is -0.124. The number of fused-ring (bicyclic) bond motifs is 1. The van der Waals surface area contributed by atoms with Gasteiger partial charge in [-0.25, -0.2) is 0 Å². The Bertz CT molecular complexity index is 337. The van der Waals surface area contributed by atoms with Crippen molar-refractivity contribution in [1.29, 1.82) is 0 Å². The van der Waals surface area contributed by atoms with Crippen molar-refractivity contribution in [3.8, 4) is 0 Å². The fraction of sp³-hybridized carbons (Fsp3) is 0.933. The molecule has 1 saturated heterocycles. The standard InChI is InChI=1S/C15H29N3O2/c1-3-8-17-15(2,14(16)19)7-9-18-10-11-20-13-6-4-5-12(13)18/h12-13,17H,3-11H2,1-2H3,(H2,16,19). The van der Waals surface area contributed by atoms with Crippen LogP contribution >= 0.6 is 0 Å². The number of hydrogen-bond acceptors (Lipinski definition) is 4. The smallest absolute Gasteiger partial charge is 0.237 e. The number of hydrogen-bond donors (Lipinski definition) is 2. The maximum absolute atomic E-state index is 11.7. The molecular weight excluding hydrogens is 254 g/mol. The van der Waals surface area contributed by atoms with E-state index in [2.05, 4.69) is 17.1 Å². The van der Waals surface area contributed by atoms with Crippen molar-refractivity contribution in [2.24, 2.45) is 5.73 Å². The van der Waals surface area contributed by atoms with E-state index in [0.717, 1.165) is 39.1 Å². The Balaban J connectivity index is 1.89. The molecule has 116 valence electrons. The second-order valence-corrected chi connectivity index (χ2v) is 6.32. The number of rotatable bonds is 7. The molecule has 0 aromatic heterocycles. The van der Waals surface area contributed by atoms with Gasteiger partial charge in [0.25, 0.3) is 0 Å². The summed E-state index contributed by atoms with van der Waals surface area (Å²) < 4.78 is 5.83. The Morgan fingerprint density at radius 1 is 1.50 bits per heavy atom. The molecular formula is C15H29N3O2. The number of primary amides is 1. The average Bonchev–Trinajstić information content (AvgIpc) is 2.91. The number of nitrogens with one attached hydrogen (secondary N) is 1. The number of nitrogens with two attached hydrogens (primary N) is 1. The zero-order valence-electron chi connectivity index (χ0n) is 12.9. The van der Waals surface area contributed by atoms with Crippen molar-refractivity contribution >= 4 is 5.91 Å². The van der Waals surface area contributed by atoms with Crippen molar-refractivity contribution in [2.75, 3.05) is 26.2 Å². The molecule has 3 unspecified atom stereocenters. The maximum atomic E-state index is 11.7. The molecule has 0 bridgehead atoms. The summed E-state index contributed by atoms with van der Waals surface area (Å²) in [5.41, 5.74) is 4.99. The van der Waals surface area contributed by atoms with Gasteiger partial charge in [0.15, 0.2) is 0 Å². The van der Waals surface area contributed by atoms with Crippen molar-refractivity contribution in [1.82, 2.24) is 10.2 Å². The summed E-state index contributed by atoms with van der Waals surface area (Å²) in [5, 5.41) is 3.31. The SMILES string of the molecule is CCCNC(C)(CCN1CCOC2CCCC21)C(N)=O. The highest BCUT2D eigenvalue weighted by Gasteiger charge is 2.37. The van der Waals surface area contributed by atoms with E-state index < -0.39 is 5.54 Å². The molecule has 5 heteroatoms. The first-order valence-electron chi connectivity index (χ1n) is 7.97. The van der Waals surface area contributed by atoms with Crippen LogP contribution in [0.3, 0.4) is 0 Å². The zero-order valence-corrected chi connectivity index (χ0v) is 12.9. The van der Waals surface area contributed by atoms with E-state index in [0.29, 0.717) is 12.1 Å². The third-order valence-electron chi connectivity index (χ3n) is 4.81. The maximum Gasteiger partial charge on any atom is 0.237 e. The van der Waals surface area contributed by atoms with Crippen LogP contribution in [0.4, 0.5) is 0 Å². The minimum absolute atomic E-state index is 0.248. The second kappa shape index (κ2) is 6.87. The summed E-state index contributed by atoms with van der Waals surface area (Å²) >= 11 is 0. The fourth-order valence-corrected chi connectivity index (χ4v) is 3.35. The van der Waals surface area contributed by atoms with E-state index in [1.54, 1.807) is 0 Å². The Kier molecular flexibility index (Phi) is 5.41. The van der Waals surface area contributed by atoms with Crippen molar-refractivity contribution < 1.29 is 9.53 Å². The van der Waals surface area contributed by atoms with Crippen LogP contribution in [0, 0.1) is 0 Å². The van der Waals surface area contributed by atoms with Gasteiger partial charge in [-0.1, -0.05) is 6.92 Å². The third kappa shape index (κ3) is 3.51. The highest BCUT2D eigenvalue weighted by atomic mass is 16.5. The fourth-order valence-electron chi connectivity index (χ4n) is 3.35. The van der Waals surface area contributed by atoms with E-state index in [9.17, 15) is 4.79 Å². The molecule has 5 nitrogen and oxygen atoms in total. The summed E-state index contributed by atoms with van der Waals surface area (Å²) in [6, 6.07) is 0.548. The van der Waals surface area contributed by atoms with Crippen LogP contribution < -0.4 is 11.1 Å². The molecule has 2 fully saturated rings. The largest absolute Gasteiger partial charge is 0.375 e. The summed E-state index contributed by atoms with van der Waals surface area (Å²) in [6.45, 7) is 7.56. The van der Waals surface area contributed by atoms with E-state index in [4.69, 9.17) is 10.5 Å². The highest BCUT2D eigenvalue weighted by molar-refractivity contribution is 5.84. The van der Waals surface area contributed by atoms with Crippen molar-refractivity contribution in [3.63, 3.8) is 0 Å². The third-order valence-corrected chi connectivity index (χ3v) is 4.81. The molecule has 3 atom stereocenters. The van der Waals surface area contributed by atoms with Crippen LogP contribution in [0.15, 0.2) is 0 Å². The van der Waals surface area contributed by atoms with Gasteiger partial charge >= 0.3 is 0 Å². The van der Waals surface area contributed by atoms with Gasteiger partial charge in [0, 0.05) is 19.1 Å². The molecule has 2 rings (SSSR count). The van der Waals surface area contributed by atoms with Gasteiger partial charge in [-0.05, 0) is 45.6 Å². The van der Waals surface area contributed by atoms with Crippen molar-refractivity contribution in [3.05, 3.63) is 0 Å². The molecule has 1 aliphatic carbocycles. The second-order valence-electron chi connectivity index (χ2n) is 6.32. The van der Waals surface area contributed by atoms with E-state index in [1.165, 1.54) is 19.3 Å². The van der Waals surface area contributed by atoms with Gasteiger partial charge in [-0.3, -0.25) is 9.69 Å². The number of carbonyl (C=O) groups excluding carboxylic acids is 1. The van der Waals surface area contributed by atoms with Gasteiger partial charge in [-0.2, -0.15) is 0 Å². The minimum Gasteiger partial charge on any atom is -0.375 e. The first kappa shape index (κ1) is 15.7. The number of morpholine rings is 1. The predicted molar refractivity (Wildman–Crippen MR) is 79.5 cm³/mol. The van der Waals surface area contributed by atoms with E-state index in [-0.39, 0.29) is 5.91 Å². The minimum atomic E-state index is -0.595. The molecule has 0 radical (unpaired) electrons. The predicted octanol–water partition coefficient (Wildman–Crippen LogP) is 0.873. The molecule has 0 aromatic carbocycles. The first-order chi connectivity index (χ1) is 9.57. The Morgan fingerprint density at radius 3 is 3.00 bits per heavy atom. The van der Waals surface area contributed by atoms with Crippen LogP contribution in [-0.4, -0.2) is 54.7 Å². The Hall–Kier alpha value is -0.650. The summed E-state index contributed by atoms with van der Waals surface area (Å²) in [7, 11) is 0. The van der Waals surface area contributed by atoms with Crippen molar-refractivity contribution in [2.45, 2.75) is 63.6 Å². The average molecular weight is 283 g/mol. The summed E-state index contributed by atoms with van der Waals surface area (Å²) in [5.74, 6) is -0.248. The first-order valence-corrected chi connectivity index (χ1v) is 7.97. The van der Waals surface area contributed by atoms with Crippen LogP contribution in [0.5, 0.6) is 0 Å². The van der Waals surface area contributed by atoms with E-state index in [1.807, 2.05) is 6.92 Å². The molecule has 1 amide bonds. The number of nitrogens with zero attached hydrogens (tertiary/aromatic N) is 1. The molecule has 0 aromatic rings. The molecule has 1 heterocycles. The van der Waals surface area contributed by atoms with Gasteiger partial charge in [0.05, 0.1) is 18.2 Å². The number of ether oxygens (including phenoxy) is 1. The monoisotopic (exact) mass is 283 g/mol. The van der Waals surface area contributed by atoms with Crippen LogP contribution in [-0.2, 0) is 9.53 Å². The van der Waals surface area contributed by atoms with Gasteiger partial charge in [-0.15, -0.1) is 0 Å². The van der Waals surface area contributed by atoms with Crippen LogP contribution in [0.25, 0.3) is 0 Å². The normalized spacial score (nSPS) is 29.9. The lowest BCUT2D eigenvalue weighted by atomic mass is 9.95. The summed E-state index contributed by atoms with van der Waals surface area (Å²) in [6.07, 6.45) is 5.85. The quantitative estimate of drug-likeness (QED) is 0.727. The van der Waals surface area contributed by atoms with Gasteiger partial charge in [0.1, 0.15) is 0 Å². The van der Waals surface area contributed by atoms with Gasteiger partial charge in [0.2, 0.25) is 5.91 Å². The number of amides is 1. The topological polar surface area (TPSA) is 67.6 Å². The van der Waals surface area contributed by atoms with Crippen LogP contribution in [0.1, 0.15) is 46.0 Å². The summed E-state index contributed by atoms with van der Waals surface area (Å²) in [4.78, 5) is 14.2. The molecule has 1 aliphatic heterocycles.